The summed E-state index contributed by atoms with van der Waals surface area (Å²) >= 11 is 6.11. The van der Waals surface area contributed by atoms with Crippen molar-refractivity contribution in [3.8, 4) is 0 Å². The van der Waals surface area contributed by atoms with E-state index < -0.39 is 12.1 Å². The molecule has 40 heavy (non-hydrogen) atoms. The summed E-state index contributed by atoms with van der Waals surface area (Å²) < 4.78 is 36.5. The molecule has 1 saturated heterocycles. The maximum Gasteiger partial charge on any atom is 0.402 e. The van der Waals surface area contributed by atoms with Crippen molar-refractivity contribution in [2.45, 2.75) is 57.7 Å². The molecule has 1 fully saturated rings. The number of carbonyl (C=O) groups excluding carboxylic acids is 2. The summed E-state index contributed by atoms with van der Waals surface area (Å²) in [4.78, 5) is 27.8. The van der Waals surface area contributed by atoms with Gasteiger partial charge in [0.2, 0.25) is 0 Å². The quantitative estimate of drug-likeness (QED) is 0.292. The zero-order valence-electron chi connectivity index (χ0n) is 24.6. The van der Waals surface area contributed by atoms with Gasteiger partial charge in [0.05, 0.1) is 5.02 Å². The average Bonchev–Trinajstić information content (AvgIpc) is 2.90. The van der Waals surface area contributed by atoms with Gasteiger partial charge in [0, 0.05) is 30.4 Å². The molecule has 5 nitrogen and oxygen atoms in total. The van der Waals surface area contributed by atoms with Gasteiger partial charge in [0.25, 0.3) is 0 Å². The van der Waals surface area contributed by atoms with Crippen LogP contribution in [0.15, 0.2) is 48.5 Å². The third kappa shape index (κ3) is 13.3. The van der Waals surface area contributed by atoms with Gasteiger partial charge < -0.3 is 19.5 Å². The van der Waals surface area contributed by atoms with E-state index in [4.69, 9.17) is 11.6 Å². The van der Waals surface area contributed by atoms with Crippen molar-refractivity contribution in [2.75, 3.05) is 52.7 Å². The van der Waals surface area contributed by atoms with E-state index in [9.17, 15) is 22.8 Å². The Morgan fingerprint density at radius 3 is 2.00 bits per heavy atom. The van der Waals surface area contributed by atoms with Crippen LogP contribution in [-0.2, 0) is 4.79 Å². The molecule has 0 bridgehead atoms. The molecule has 1 heterocycles. The Hall–Kier alpha value is -2.42. The minimum Gasteiger partial charge on any atom is -0.371 e. The number of hydrogen-bond acceptors (Lipinski definition) is 5. The number of halogens is 4. The van der Waals surface area contributed by atoms with Crippen molar-refractivity contribution in [3.05, 3.63) is 64.7 Å². The first-order valence-electron chi connectivity index (χ1n) is 13.7. The van der Waals surface area contributed by atoms with E-state index in [0.717, 1.165) is 31.0 Å². The smallest absolute Gasteiger partial charge is 0.371 e. The highest BCUT2D eigenvalue weighted by atomic mass is 35.5. The fourth-order valence-corrected chi connectivity index (χ4v) is 4.21. The zero-order chi connectivity index (χ0) is 30.3. The lowest BCUT2D eigenvalue weighted by molar-refractivity contribution is -0.155. The van der Waals surface area contributed by atoms with Crippen molar-refractivity contribution >= 4 is 29.9 Å². The average molecular weight is 584 g/mol. The normalized spacial score (nSPS) is 14.8. The van der Waals surface area contributed by atoms with Gasteiger partial charge in [0.15, 0.2) is 6.29 Å². The van der Waals surface area contributed by atoms with Crippen molar-refractivity contribution < 1.29 is 22.8 Å². The number of aldehydes is 2. The molecule has 1 aliphatic rings. The summed E-state index contributed by atoms with van der Waals surface area (Å²) in [5.41, 5.74) is 1.68. The number of benzene rings is 2. The molecule has 2 aromatic rings. The van der Waals surface area contributed by atoms with Crippen LogP contribution in [0.5, 0.6) is 0 Å². The summed E-state index contributed by atoms with van der Waals surface area (Å²) in [6.07, 6.45) is 1.34. The van der Waals surface area contributed by atoms with Crippen LogP contribution in [0, 0.1) is 5.92 Å². The van der Waals surface area contributed by atoms with Gasteiger partial charge in [-0.15, -0.1) is 0 Å². The minimum atomic E-state index is -4.50. The largest absolute Gasteiger partial charge is 0.402 e. The van der Waals surface area contributed by atoms with Crippen molar-refractivity contribution in [1.82, 2.24) is 9.80 Å². The van der Waals surface area contributed by atoms with Crippen molar-refractivity contribution in [1.29, 1.82) is 0 Å². The molecule has 0 aliphatic carbocycles. The highest BCUT2D eigenvalue weighted by molar-refractivity contribution is 6.33. The van der Waals surface area contributed by atoms with Gasteiger partial charge in [-0.25, -0.2) is 0 Å². The van der Waals surface area contributed by atoms with Gasteiger partial charge in [0.1, 0.15) is 12.2 Å². The first-order chi connectivity index (χ1) is 18.8. The molecular formula is C31H45ClF3N3O2. The molecule has 1 aliphatic heterocycles. The molecule has 1 atom stereocenters. The molecule has 0 N–H and O–H groups in total. The van der Waals surface area contributed by atoms with Crippen molar-refractivity contribution in [2.24, 2.45) is 5.92 Å². The monoisotopic (exact) mass is 583 g/mol. The van der Waals surface area contributed by atoms with Gasteiger partial charge >= 0.3 is 6.18 Å². The third-order valence-electron chi connectivity index (χ3n) is 6.99. The number of nitrogens with zero attached hydrogens (tertiary/aromatic N) is 3. The van der Waals surface area contributed by atoms with Crippen LogP contribution in [0.3, 0.4) is 0 Å². The second-order valence-corrected chi connectivity index (χ2v) is 11.2. The second kappa shape index (κ2) is 18.1. The van der Waals surface area contributed by atoms with Crippen LogP contribution in [-0.4, -0.2) is 82.4 Å². The van der Waals surface area contributed by atoms with Crippen LogP contribution in [0.2, 0.25) is 5.02 Å². The molecule has 2 aromatic carbocycles. The number of alkyl halides is 3. The van der Waals surface area contributed by atoms with E-state index in [1.54, 1.807) is 6.07 Å². The molecular weight excluding hydrogens is 539 g/mol. The zero-order valence-corrected chi connectivity index (χ0v) is 25.4. The first kappa shape index (κ1) is 35.6. The maximum atomic E-state index is 12.2. The van der Waals surface area contributed by atoms with E-state index >= 15 is 0 Å². The summed E-state index contributed by atoms with van der Waals surface area (Å²) in [6, 6.07) is 13.5. The van der Waals surface area contributed by atoms with Gasteiger partial charge in [-0.05, 0) is 104 Å². The Kier molecular flexibility index (Phi) is 16.1. The van der Waals surface area contributed by atoms with E-state index in [1.807, 2.05) is 18.2 Å². The molecule has 0 aromatic heterocycles. The topological polar surface area (TPSA) is 43.9 Å². The fourth-order valence-electron chi connectivity index (χ4n) is 3.99. The number of piperidine rings is 1. The first-order valence-corrected chi connectivity index (χ1v) is 14.1. The molecule has 1 unspecified atom stereocenters. The van der Waals surface area contributed by atoms with Crippen LogP contribution in [0.25, 0.3) is 0 Å². The molecule has 0 amide bonds. The van der Waals surface area contributed by atoms with E-state index in [-0.39, 0.29) is 11.8 Å². The Labute approximate surface area is 243 Å². The Morgan fingerprint density at radius 1 is 1.00 bits per heavy atom. The second-order valence-electron chi connectivity index (χ2n) is 10.8. The predicted octanol–water partition coefficient (Wildman–Crippen LogP) is 7.20. The fraction of sp³-hybridized carbons (Fsp3) is 0.548. The van der Waals surface area contributed by atoms with Crippen LogP contribution >= 0.6 is 11.6 Å². The summed E-state index contributed by atoms with van der Waals surface area (Å²) in [5.74, 6) is -1.15. The lowest BCUT2D eigenvalue weighted by atomic mass is 9.92. The van der Waals surface area contributed by atoms with Crippen LogP contribution in [0.4, 0.5) is 18.9 Å². The highest BCUT2D eigenvalue weighted by Gasteiger charge is 2.40. The van der Waals surface area contributed by atoms with Gasteiger partial charge in [-0.1, -0.05) is 41.9 Å². The van der Waals surface area contributed by atoms with Gasteiger partial charge in [-0.2, -0.15) is 13.2 Å². The van der Waals surface area contributed by atoms with E-state index in [1.165, 1.54) is 56.5 Å². The van der Waals surface area contributed by atoms with Crippen LogP contribution in [0.1, 0.15) is 61.4 Å². The number of rotatable bonds is 9. The molecule has 0 saturated carbocycles. The van der Waals surface area contributed by atoms with E-state index in [2.05, 4.69) is 56.7 Å². The molecule has 224 valence electrons. The Bertz CT molecular complexity index is 987. The van der Waals surface area contributed by atoms with Crippen molar-refractivity contribution in [3.63, 3.8) is 0 Å². The minimum absolute atomic E-state index is 0.0231. The lowest BCUT2D eigenvalue weighted by Gasteiger charge is -2.34. The maximum absolute atomic E-state index is 12.2. The predicted molar refractivity (Wildman–Crippen MR) is 160 cm³/mol. The Balaban J connectivity index is 0.000000357. The molecule has 3 rings (SSSR count). The summed E-state index contributed by atoms with van der Waals surface area (Å²) in [7, 11) is 8.42. The molecule has 0 spiro atoms. The van der Waals surface area contributed by atoms with E-state index in [0.29, 0.717) is 16.6 Å². The highest BCUT2D eigenvalue weighted by Crippen LogP contribution is 2.33. The standard InChI is InChI=1S/C17H25ClN2O.C9H7F3O.C5H13N/c1-19(2)9-3-4-14-7-10-20(11-8-14)16-6-5-15(13-21)17(18)12-16;10-9(11,12)8(6-13)7-4-2-1-3-5-7;1-5(2)6(3)4/h5-6,12-14H,3-4,7-11H2,1-2H3;1-6,8H;5H,1-4H3. The number of hydrogen-bond donors (Lipinski definition) is 0. The summed E-state index contributed by atoms with van der Waals surface area (Å²) in [5, 5.41) is 0.551. The van der Waals surface area contributed by atoms with Gasteiger partial charge in [-0.3, -0.25) is 4.79 Å². The number of carbonyl (C=O) groups is 2. The molecule has 0 radical (unpaired) electrons. The lowest BCUT2D eigenvalue weighted by Crippen LogP contribution is -2.33. The SMILES string of the molecule is CC(C)N(C)C.CN(C)CCCC1CCN(c2ccc(C=O)c(Cl)c2)CC1.O=CC(c1ccccc1)C(F)(F)F. The number of anilines is 1. The molecule has 9 heteroatoms. The van der Waals surface area contributed by atoms with Crippen LogP contribution < -0.4 is 4.90 Å². The Morgan fingerprint density at radius 2 is 1.57 bits per heavy atom. The summed E-state index contributed by atoms with van der Waals surface area (Å²) in [6.45, 7) is 7.69. The third-order valence-corrected chi connectivity index (χ3v) is 7.32.